The minimum Gasteiger partial charge on any atom is -0.481 e. The van der Waals surface area contributed by atoms with Crippen molar-refractivity contribution in [1.82, 2.24) is 15.1 Å². The third-order valence-electron chi connectivity index (χ3n) is 4.16. The largest absolute Gasteiger partial charge is 0.481 e. The van der Waals surface area contributed by atoms with Crippen LogP contribution in [0.4, 0.5) is 0 Å². The highest BCUT2D eigenvalue weighted by molar-refractivity contribution is 6.04. The highest BCUT2D eigenvalue weighted by Crippen LogP contribution is 2.26. The van der Waals surface area contributed by atoms with Gasteiger partial charge in [-0.25, -0.2) is 0 Å². The topological polar surface area (TPSA) is 86.3 Å². The Hall–Kier alpha value is -2.37. The Kier molecular flexibility index (Phi) is 3.37. The molecule has 2 aromatic rings. The molecular weight excluding hydrogens is 270 g/mol. The lowest BCUT2D eigenvalue weighted by molar-refractivity contribution is -0.143. The van der Waals surface area contributed by atoms with E-state index in [1.54, 1.807) is 4.90 Å². The van der Waals surface area contributed by atoms with Crippen molar-refractivity contribution in [2.24, 2.45) is 5.92 Å². The highest BCUT2D eigenvalue weighted by Gasteiger charge is 2.33. The molecule has 0 radical (unpaired) electrons. The number of amides is 1. The van der Waals surface area contributed by atoms with Crippen LogP contribution in [0.3, 0.4) is 0 Å². The molecule has 1 aliphatic rings. The Morgan fingerprint density at radius 2 is 2.14 bits per heavy atom. The molecule has 2 heterocycles. The lowest BCUT2D eigenvalue weighted by Crippen LogP contribution is -2.46. The molecule has 1 saturated heterocycles. The lowest BCUT2D eigenvalue weighted by Gasteiger charge is -2.35. The second kappa shape index (κ2) is 5.20. The zero-order valence-corrected chi connectivity index (χ0v) is 11.7. The van der Waals surface area contributed by atoms with E-state index in [1.165, 1.54) is 0 Å². The minimum absolute atomic E-state index is 0.0946. The molecule has 0 saturated carbocycles. The molecule has 2 unspecified atom stereocenters. The number of benzene rings is 1. The van der Waals surface area contributed by atoms with Crippen LogP contribution in [0.2, 0.25) is 0 Å². The number of likely N-dealkylation sites (tertiary alicyclic amines) is 1. The average molecular weight is 287 g/mol. The number of hydrogen-bond acceptors (Lipinski definition) is 3. The van der Waals surface area contributed by atoms with Gasteiger partial charge in [0, 0.05) is 18.0 Å². The maximum absolute atomic E-state index is 12.7. The van der Waals surface area contributed by atoms with E-state index >= 15 is 0 Å². The van der Waals surface area contributed by atoms with Gasteiger partial charge in [0.05, 0.1) is 11.4 Å². The van der Waals surface area contributed by atoms with Gasteiger partial charge in [0.1, 0.15) is 0 Å². The first kappa shape index (κ1) is 13.6. The molecule has 1 aromatic heterocycles. The van der Waals surface area contributed by atoms with Crippen LogP contribution >= 0.6 is 0 Å². The monoisotopic (exact) mass is 287 g/mol. The van der Waals surface area contributed by atoms with Crippen LogP contribution in [0.5, 0.6) is 0 Å². The van der Waals surface area contributed by atoms with E-state index in [-0.39, 0.29) is 17.9 Å². The molecule has 6 heteroatoms. The minimum atomic E-state index is -0.779. The Balaban J connectivity index is 1.84. The molecule has 0 bridgehead atoms. The van der Waals surface area contributed by atoms with Crippen molar-refractivity contribution in [1.29, 1.82) is 0 Å². The van der Waals surface area contributed by atoms with E-state index < -0.39 is 5.97 Å². The Morgan fingerprint density at radius 3 is 2.86 bits per heavy atom. The summed E-state index contributed by atoms with van der Waals surface area (Å²) in [6.45, 7) is 2.35. The molecule has 0 spiro atoms. The van der Waals surface area contributed by atoms with Crippen LogP contribution in [0, 0.1) is 5.92 Å². The predicted octanol–water partition coefficient (Wildman–Crippen LogP) is 1.89. The molecule has 6 nitrogen and oxygen atoms in total. The Bertz CT molecular complexity index is 694. The van der Waals surface area contributed by atoms with Crippen LogP contribution in [-0.2, 0) is 4.79 Å². The summed E-state index contributed by atoms with van der Waals surface area (Å²) in [5.74, 6) is -1.28. The zero-order chi connectivity index (χ0) is 15.0. The van der Waals surface area contributed by atoms with Gasteiger partial charge in [0.15, 0.2) is 5.69 Å². The molecule has 1 aromatic carbocycles. The Labute approximate surface area is 121 Å². The summed E-state index contributed by atoms with van der Waals surface area (Å²) in [5, 5.41) is 16.9. The molecule has 1 amide bonds. The van der Waals surface area contributed by atoms with Crippen molar-refractivity contribution < 1.29 is 14.7 Å². The van der Waals surface area contributed by atoms with Gasteiger partial charge in [-0.15, -0.1) is 0 Å². The first-order valence-electron chi connectivity index (χ1n) is 7.05. The number of aromatic amines is 1. The van der Waals surface area contributed by atoms with Gasteiger partial charge in [-0.2, -0.15) is 5.10 Å². The van der Waals surface area contributed by atoms with E-state index in [2.05, 4.69) is 10.2 Å². The third kappa shape index (κ3) is 2.37. The fraction of sp³-hybridized carbons (Fsp3) is 0.400. The summed E-state index contributed by atoms with van der Waals surface area (Å²) >= 11 is 0. The summed E-state index contributed by atoms with van der Waals surface area (Å²) in [5.41, 5.74) is 1.24. The molecule has 0 aliphatic carbocycles. The van der Waals surface area contributed by atoms with Crippen LogP contribution in [0.1, 0.15) is 30.3 Å². The number of hydrogen-bond donors (Lipinski definition) is 2. The van der Waals surface area contributed by atoms with Crippen molar-refractivity contribution in [3.05, 3.63) is 30.0 Å². The number of para-hydroxylation sites is 1. The summed E-state index contributed by atoms with van der Waals surface area (Å²) in [7, 11) is 0. The predicted molar refractivity (Wildman–Crippen MR) is 77.0 cm³/mol. The van der Waals surface area contributed by atoms with E-state index in [4.69, 9.17) is 5.11 Å². The number of nitrogens with one attached hydrogen (secondary N) is 1. The quantitative estimate of drug-likeness (QED) is 0.883. The molecular formula is C15H17N3O3. The second-order valence-corrected chi connectivity index (χ2v) is 5.52. The summed E-state index contributed by atoms with van der Waals surface area (Å²) in [6.07, 6.45) is 0.983. The molecule has 1 aliphatic heterocycles. The van der Waals surface area contributed by atoms with Crippen LogP contribution in [0.25, 0.3) is 10.9 Å². The first-order valence-corrected chi connectivity index (χ1v) is 7.05. The number of rotatable bonds is 2. The number of carbonyl (C=O) groups is 2. The highest BCUT2D eigenvalue weighted by atomic mass is 16.4. The van der Waals surface area contributed by atoms with Gasteiger partial charge >= 0.3 is 5.97 Å². The third-order valence-corrected chi connectivity index (χ3v) is 4.16. The lowest BCUT2D eigenvalue weighted by atomic mass is 9.91. The van der Waals surface area contributed by atoms with Crippen LogP contribution in [0.15, 0.2) is 24.3 Å². The zero-order valence-electron chi connectivity index (χ0n) is 11.7. The van der Waals surface area contributed by atoms with E-state index in [9.17, 15) is 9.59 Å². The summed E-state index contributed by atoms with van der Waals surface area (Å²) < 4.78 is 0. The average Bonchev–Trinajstić information content (AvgIpc) is 2.90. The number of aromatic nitrogens is 2. The van der Waals surface area contributed by atoms with Gasteiger partial charge in [0.25, 0.3) is 5.91 Å². The number of carbonyl (C=O) groups excluding carboxylic acids is 1. The van der Waals surface area contributed by atoms with Crippen LogP contribution < -0.4 is 0 Å². The fourth-order valence-corrected chi connectivity index (χ4v) is 2.96. The number of nitrogens with zero attached hydrogens (tertiary/aromatic N) is 2. The van der Waals surface area contributed by atoms with Crippen molar-refractivity contribution in [3.8, 4) is 0 Å². The van der Waals surface area contributed by atoms with Gasteiger partial charge in [0.2, 0.25) is 0 Å². The number of carboxylic acids is 1. The van der Waals surface area contributed by atoms with E-state index in [1.807, 2.05) is 31.2 Å². The number of H-pyrrole nitrogens is 1. The molecule has 21 heavy (non-hydrogen) atoms. The van der Waals surface area contributed by atoms with Crippen molar-refractivity contribution in [2.75, 3.05) is 6.54 Å². The van der Waals surface area contributed by atoms with Gasteiger partial charge in [-0.05, 0) is 25.8 Å². The van der Waals surface area contributed by atoms with Crippen molar-refractivity contribution in [3.63, 3.8) is 0 Å². The maximum atomic E-state index is 12.7. The summed E-state index contributed by atoms with van der Waals surface area (Å²) in [4.78, 5) is 25.4. The van der Waals surface area contributed by atoms with Crippen LogP contribution in [-0.4, -0.2) is 44.7 Å². The standard InChI is InChI=1S/C15H17N3O3/c1-9-8-10(15(20)21)6-7-18(9)14(19)13-11-4-2-3-5-12(11)16-17-13/h2-5,9-10H,6-8H2,1H3,(H,16,17)(H,20,21). The molecule has 3 rings (SSSR count). The van der Waals surface area contributed by atoms with Crippen molar-refractivity contribution in [2.45, 2.75) is 25.8 Å². The van der Waals surface area contributed by atoms with E-state index in [0.717, 1.165) is 10.9 Å². The molecule has 110 valence electrons. The van der Waals surface area contributed by atoms with Gasteiger partial charge in [-0.1, -0.05) is 18.2 Å². The number of aliphatic carboxylic acids is 1. The maximum Gasteiger partial charge on any atom is 0.306 e. The first-order chi connectivity index (χ1) is 10.1. The van der Waals surface area contributed by atoms with Crippen molar-refractivity contribution >= 4 is 22.8 Å². The number of carboxylic acid groups (broad SMARTS) is 1. The number of fused-ring (bicyclic) bond motifs is 1. The van der Waals surface area contributed by atoms with Gasteiger partial charge < -0.3 is 10.0 Å². The van der Waals surface area contributed by atoms with Gasteiger partial charge in [-0.3, -0.25) is 14.7 Å². The smallest absolute Gasteiger partial charge is 0.306 e. The fourth-order valence-electron chi connectivity index (χ4n) is 2.96. The molecule has 1 fully saturated rings. The summed E-state index contributed by atoms with van der Waals surface area (Å²) in [6, 6.07) is 7.40. The molecule has 2 N–H and O–H groups in total. The van der Waals surface area contributed by atoms with E-state index in [0.29, 0.717) is 25.1 Å². The second-order valence-electron chi connectivity index (χ2n) is 5.52. The Morgan fingerprint density at radius 1 is 1.38 bits per heavy atom. The normalized spacial score (nSPS) is 22.4. The molecule has 2 atom stereocenters. The number of piperidine rings is 1. The SMILES string of the molecule is CC1CC(C(=O)O)CCN1C(=O)c1n[nH]c2ccccc12.